The van der Waals surface area contributed by atoms with Crippen LogP contribution in [0.3, 0.4) is 0 Å². The lowest BCUT2D eigenvalue weighted by Crippen LogP contribution is -2.51. The molecule has 1 fully saturated rings. The van der Waals surface area contributed by atoms with Gasteiger partial charge in [0.15, 0.2) is 11.6 Å². The Balaban J connectivity index is 1.49. The number of hydrogen-bond donors (Lipinski definition) is 1. The highest BCUT2D eigenvalue weighted by molar-refractivity contribution is 6.18. The molecule has 0 bridgehead atoms. The molecule has 1 spiro atoms. The summed E-state index contributed by atoms with van der Waals surface area (Å²) in [6.45, 7) is 6.37. The van der Waals surface area contributed by atoms with Crippen molar-refractivity contribution in [2.45, 2.75) is 44.7 Å². The molecule has 0 aliphatic carbocycles. The number of rotatable bonds is 6. The SMILES string of the molecule is Cc1ccc2c(c1)C=C[C@H]1N2[C@H](C(=O)c2ccccc2)[C@H](C(=O)c2ccc(CC(C)C)cc2)[C@]12C(=O)Nc1ccccc12. The molecule has 1 N–H and O–H groups in total. The largest absolute Gasteiger partial charge is 0.352 e. The highest BCUT2D eigenvalue weighted by atomic mass is 16.2. The normalized spacial score (nSPS) is 23.2. The third-order valence-corrected chi connectivity index (χ3v) is 9.28. The Hall–Kier alpha value is -4.77. The molecule has 5 heteroatoms. The summed E-state index contributed by atoms with van der Waals surface area (Å²) in [4.78, 5) is 46.2. The van der Waals surface area contributed by atoms with Crippen LogP contribution in [0.2, 0.25) is 0 Å². The first-order valence-corrected chi connectivity index (χ1v) is 15.0. The number of carbonyl (C=O) groups is 3. The number of fused-ring (bicyclic) bond motifs is 6. The zero-order chi connectivity index (χ0) is 29.9. The van der Waals surface area contributed by atoms with Gasteiger partial charge in [0.05, 0.1) is 12.0 Å². The lowest BCUT2D eigenvalue weighted by Gasteiger charge is -2.37. The van der Waals surface area contributed by atoms with Gasteiger partial charge in [-0.1, -0.05) is 110 Å². The average molecular weight is 567 g/mol. The fourth-order valence-corrected chi connectivity index (χ4v) is 7.53. The lowest BCUT2D eigenvalue weighted by atomic mass is 9.64. The van der Waals surface area contributed by atoms with E-state index in [0.29, 0.717) is 22.7 Å². The molecule has 3 aliphatic heterocycles. The van der Waals surface area contributed by atoms with Gasteiger partial charge in [-0.2, -0.15) is 0 Å². The first-order chi connectivity index (χ1) is 20.8. The molecule has 4 aromatic rings. The van der Waals surface area contributed by atoms with Crippen LogP contribution in [-0.2, 0) is 16.6 Å². The van der Waals surface area contributed by atoms with Crippen LogP contribution < -0.4 is 10.2 Å². The molecule has 0 radical (unpaired) electrons. The van der Waals surface area contributed by atoms with E-state index in [1.165, 1.54) is 0 Å². The van der Waals surface area contributed by atoms with Gasteiger partial charge in [0.25, 0.3) is 0 Å². The molecule has 0 aromatic heterocycles. The molecule has 1 saturated heterocycles. The Labute approximate surface area is 252 Å². The van der Waals surface area contributed by atoms with Crippen LogP contribution in [0, 0.1) is 18.8 Å². The van der Waals surface area contributed by atoms with E-state index in [2.05, 4.69) is 30.1 Å². The number of carbonyl (C=O) groups excluding carboxylic acids is 3. The maximum atomic E-state index is 15.0. The minimum atomic E-state index is -1.31. The summed E-state index contributed by atoms with van der Waals surface area (Å²) in [5, 5.41) is 3.10. The molecular weight excluding hydrogens is 532 g/mol. The van der Waals surface area contributed by atoms with Crippen molar-refractivity contribution in [2.24, 2.45) is 11.8 Å². The van der Waals surface area contributed by atoms with E-state index in [9.17, 15) is 14.4 Å². The van der Waals surface area contributed by atoms with Gasteiger partial charge in [-0.3, -0.25) is 14.4 Å². The summed E-state index contributed by atoms with van der Waals surface area (Å²) < 4.78 is 0. The van der Waals surface area contributed by atoms with Gasteiger partial charge < -0.3 is 10.2 Å². The summed E-state index contributed by atoms with van der Waals surface area (Å²) in [5.41, 5.74) is 5.23. The van der Waals surface area contributed by atoms with Gasteiger partial charge in [0.1, 0.15) is 11.5 Å². The fourth-order valence-electron chi connectivity index (χ4n) is 7.53. The monoisotopic (exact) mass is 566 g/mol. The fraction of sp³-hybridized carbons (Fsp3) is 0.237. The molecule has 214 valence electrons. The number of aryl methyl sites for hydroxylation is 1. The van der Waals surface area contributed by atoms with E-state index >= 15 is 0 Å². The van der Waals surface area contributed by atoms with Crippen molar-refractivity contribution in [3.63, 3.8) is 0 Å². The van der Waals surface area contributed by atoms with E-state index in [4.69, 9.17) is 0 Å². The lowest BCUT2D eigenvalue weighted by molar-refractivity contribution is -0.121. The average Bonchev–Trinajstić information content (AvgIpc) is 3.49. The van der Waals surface area contributed by atoms with Crippen molar-refractivity contribution in [2.75, 3.05) is 10.2 Å². The smallest absolute Gasteiger partial charge is 0.238 e. The second-order valence-electron chi connectivity index (χ2n) is 12.5. The van der Waals surface area contributed by atoms with Crippen molar-refractivity contribution >= 4 is 34.9 Å². The van der Waals surface area contributed by atoms with Crippen LogP contribution in [0.15, 0.2) is 103 Å². The van der Waals surface area contributed by atoms with Crippen molar-refractivity contribution < 1.29 is 14.4 Å². The van der Waals surface area contributed by atoms with Crippen LogP contribution in [0.4, 0.5) is 11.4 Å². The molecule has 5 nitrogen and oxygen atoms in total. The number of benzene rings is 4. The maximum Gasteiger partial charge on any atom is 0.238 e. The maximum absolute atomic E-state index is 15.0. The van der Waals surface area contributed by atoms with Gasteiger partial charge in [0, 0.05) is 22.5 Å². The van der Waals surface area contributed by atoms with Crippen molar-refractivity contribution in [1.82, 2.24) is 0 Å². The molecule has 4 atom stereocenters. The second kappa shape index (κ2) is 10.2. The molecule has 0 saturated carbocycles. The summed E-state index contributed by atoms with van der Waals surface area (Å²) in [6, 6.07) is 29.2. The Bertz CT molecular complexity index is 1790. The third-order valence-electron chi connectivity index (χ3n) is 9.28. The minimum absolute atomic E-state index is 0.170. The second-order valence-corrected chi connectivity index (χ2v) is 12.5. The molecule has 7 rings (SSSR count). The zero-order valence-electron chi connectivity index (χ0n) is 24.6. The number of para-hydroxylation sites is 1. The first-order valence-electron chi connectivity index (χ1n) is 15.0. The Morgan fingerprint density at radius 2 is 1.56 bits per heavy atom. The van der Waals surface area contributed by atoms with Crippen LogP contribution in [0.1, 0.15) is 56.8 Å². The van der Waals surface area contributed by atoms with Crippen LogP contribution in [-0.4, -0.2) is 29.6 Å². The van der Waals surface area contributed by atoms with E-state index in [-0.39, 0.29) is 17.5 Å². The van der Waals surface area contributed by atoms with E-state index in [1.54, 1.807) is 12.1 Å². The highest BCUT2D eigenvalue weighted by Gasteiger charge is 2.70. The zero-order valence-corrected chi connectivity index (χ0v) is 24.6. The summed E-state index contributed by atoms with van der Waals surface area (Å²) in [6.07, 6.45) is 4.97. The number of Topliss-reactive ketones (excluding diaryl/α,β-unsaturated/α-hetero) is 2. The number of hydrogen-bond acceptors (Lipinski definition) is 4. The topological polar surface area (TPSA) is 66.5 Å². The molecular formula is C38H34N2O3. The molecule has 1 amide bonds. The predicted octanol–water partition coefficient (Wildman–Crippen LogP) is 7.05. The quantitative estimate of drug-likeness (QED) is 0.254. The van der Waals surface area contributed by atoms with Gasteiger partial charge in [0.2, 0.25) is 5.91 Å². The summed E-state index contributed by atoms with van der Waals surface area (Å²) in [5.74, 6) is -1.11. The number of anilines is 2. The van der Waals surface area contributed by atoms with E-state index < -0.39 is 23.4 Å². The molecule has 3 heterocycles. The van der Waals surface area contributed by atoms with Gasteiger partial charge in [-0.15, -0.1) is 0 Å². The summed E-state index contributed by atoms with van der Waals surface area (Å²) >= 11 is 0. The molecule has 3 aliphatic rings. The Morgan fingerprint density at radius 3 is 2.30 bits per heavy atom. The third kappa shape index (κ3) is 4.09. The van der Waals surface area contributed by atoms with Crippen LogP contribution >= 0.6 is 0 Å². The van der Waals surface area contributed by atoms with Gasteiger partial charge in [-0.05, 0) is 54.2 Å². The van der Waals surface area contributed by atoms with E-state index in [1.807, 2.05) is 97.9 Å². The number of nitrogens with one attached hydrogen (secondary N) is 1. The van der Waals surface area contributed by atoms with Crippen molar-refractivity contribution in [1.29, 1.82) is 0 Å². The van der Waals surface area contributed by atoms with Crippen molar-refractivity contribution in [3.8, 4) is 0 Å². The van der Waals surface area contributed by atoms with Gasteiger partial charge in [-0.25, -0.2) is 0 Å². The molecule has 0 unspecified atom stereocenters. The van der Waals surface area contributed by atoms with E-state index in [0.717, 1.165) is 34.4 Å². The van der Waals surface area contributed by atoms with Gasteiger partial charge >= 0.3 is 0 Å². The van der Waals surface area contributed by atoms with Crippen molar-refractivity contribution in [3.05, 3.63) is 137 Å². The number of ketones is 2. The Kier molecular flexibility index (Phi) is 6.42. The van der Waals surface area contributed by atoms with Crippen LogP contribution in [0.25, 0.3) is 6.08 Å². The minimum Gasteiger partial charge on any atom is -0.352 e. The predicted molar refractivity (Wildman–Crippen MR) is 171 cm³/mol. The number of nitrogens with zero attached hydrogens (tertiary/aromatic N) is 1. The Morgan fingerprint density at radius 1 is 0.860 bits per heavy atom. The number of amides is 1. The standard InChI is InChI=1S/C38H34N2O3/c1-23(2)21-25-14-16-27(17-15-25)35(41)33-34(36(42)26-9-5-4-6-10-26)40-31-19-13-24(3)22-28(31)18-20-32(40)38(33)29-11-7-8-12-30(29)39-37(38)43/h4-20,22-23,32-34H,21H2,1-3H3,(H,39,43)/t32-,33-,34+,38-/m1/s1. The van der Waals surface area contributed by atoms with Crippen LogP contribution in [0.5, 0.6) is 0 Å². The summed E-state index contributed by atoms with van der Waals surface area (Å²) in [7, 11) is 0. The molecule has 4 aromatic carbocycles. The first kappa shape index (κ1) is 27.1. The highest BCUT2D eigenvalue weighted by Crippen LogP contribution is 2.58. The molecule has 43 heavy (non-hydrogen) atoms.